The number of benzene rings is 1. The van der Waals surface area contributed by atoms with Gasteiger partial charge in [-0.05, 0) is 19.2 Å². The van der Waals surface area contributed by atoms with Crippen molar-refractivity contribution in [2.24, 2.45) is 0 Å². The number of amides is 1. The summed E-state index contributed by atoms with van der Waals surface area (Å²) in [6, 6.07) is 9.56. The fourth-order valence-electron chi connectivity index (χ4n) is 1.20. The number of rotatable bonds is 7. The molecule has 96 valence electrons. The van der Waals surface area contributed by atoms with Gasteiger partial charge in [0, 0.05) is 13.0 Å². The summed E-state index contributed by atoms with van der Waals surface area (Å²) in [5, 5.41) is 5.71. The lowest BCUT2D eigenvalue weighted by atomic mass is 10.3. The summed E-state index contributed by atoms with van der Waals surface area (Å²) in [7, 11) is 1.83. The van der Waals surface area contributed by atoms with Crippen molar-refractivity contribution in [2.45, 2.75) is 6.42 Å². The molecule has 1 aromatic carbocycles. The topological polar surface area (TPSA) is 50.4 Å². The van der Waals surface area contributed by atoms with Gasteiger partial charge in [-0.1, -0.05) is 18.2 Å². The summed E-state index contributed by atoms with van der Waals surface area (Å²) in [6.07, 6.45) is 0.502. The first-order valence-corrected chi connectivity index (χ1v) is 5.42. The predicted octanol–water partition coefficient (Wildman–Crippen LogP) is 1.21. The molecule has 1 rings (SSSR count). The number of carbonyl (C=O) groups is 1. The van der Waals surface area contributed by atoms with Crippen LogP contribution in [0.2, 0.25) is 0 Å². The number of nitrogens with one attached hydrogen (secondary N) is 2. The van der Waals surface area contributed by atoms with Crippen molar-refractivity contribution in [3.05, 3.63) is 30.3 Å². The maximum atomic E-state index is 11.2. The Bertz CT molecular complexity index is 307. The molecule has 0 heterocycles. The van der Waals surface area contributed by atoms with E-state index in [4.69, 9.17) is 4.74 Å². The molecule has 0 saturated carbocycles. The van der Waals surface area contributed by atoms with Gasteiger partial charge < -0.3 is 15.4 Å². The molecular weight excluding hydrogens is 240 g/mol. The molecule has 17 heavy (non-hydrogen) atoms. The lowest BCUT2D eigenvalue weighted by Crippen LogP contribution is -2.30. The van der Waals surface area contributed by atoms with Crippen molar-refractivity contribution in [2.75, 3.05) is 26.7 Å². The Morgan fingerprint density at radius 3 is 2.59 bits per heavy atom. The molecule has 0 aromatic heterocycles. The first-order valence-electron chi connectivity index (χ1n) is 5.42. The van der Waals surface area contributed by atoms with Crippen LogP contribution in [0.15, 0.2) is 30.3 Å². The Kier molecular flexibility index (Phi) is 9.19. The fraction of sp³-hybridized carbons (Fsp3) is 0.417. The maximum Gasteiger partial charge on any atom is 0.221 e. The summed E-state index contributed by atoms with van der Waals surface area (Å²) in [5.41, 5.74) is 0. The molecule has 0 fully saturated rings. The van der Waals surface area contributed by atoms with Crippen LogP contribution in [0.5, 0.6) is 5.75 Å². The van der Waals surface area contributed by atoms with Crippen LogP contribution in [0.25, 0.3) is 0 Å². The third-order valence-electron chi connectivity index (χ3n) is 2.04. The van der Waals surface area contributed by atoms with E-state index in [9.17, 15) is 4.79 Å². The van der Waals surface area contributed by atoms with Gasteiger partial charge >= 0.3 is 0 Å². The van der Waals surface area contributed by atoms with Crippen molar-refractivity contribution in [1.29, 1.82) is 0 Å². The molecule has 0 unspecified atom stereocenters. The minimum atomic E-state index is 0. The van der Waals surface area contributed by atoms with Gasteiger partial charge in [-0.25, -0.2) is 0 Å². The second-order valence-corrected chi connectivity index (χ2v) is 3.37. The third-order valence-corrected chi connectivity index (χ3v) is 2.04. The number of para-hydroxylation sites is 1. The molecule has 0 aliphatic heterocycles. The van der Waals surface area contributed by atoms with Crippen molar-refractivity contribution >= 4 is 18.3 Å². The van der Waals surface area contributed by atoms with Crippen LogP contribution in [0.3, 0.4) is 0 Å². The number of ether oxygens (including phenoxy) is 1. The standard InChI is InChI=1S/C12H18N2O2.ClH/c1-13-8-7-12(15)14-9-10-16-11-5-3-2-4-6-11;/h2-6,13H,7-10H2,1H3,(H,14,15);1H. The van der Waals surface area contributed by atoms with Gasteiger partial charge in [-0.2, -0.15) is 0 Å². The Hall–Kier alpha value is -1.26. The van der Waals surface area contributed by atoms with Crippen LogP contribution in [0, 0.1) is 0 Å². The van der Waals surface area contributed by atoms with E-state index in [1.54, 1.807) is 0 Å². The molecule has 2 N–H and O–H groups in total. The lowest BCUT2D eigenvalue weighted by molar-refractivity contribution is -0.121. The summed E-state index contributed by atoms with van der Waals surface area (Å²) in [5.74, 6) is 0.873. The summed E-state index contributed by atoms with van der Waals surface area (Å²) in [6.45, 7) is 1.73. The highest BCUT2D eigenvalue weighted by Gasteiger charge is 1.98. The molecular formula is C12H19ClN2O2. The molecule has 0 bridgehead atoms. The van der Waals surface area contributed by atoms with Crippen LogP contribution < -0.4 is 15.4 Å². The second kappa shape index (κ2) is 9.93. The minimum Gasteiger partial charge on any atom is -0.492 e. The number of hydrogen-bond acceptors (Lipinski definition) is 3. The summed E-state index contributed by atoms with van der Waals surface area (Å²) in [4.78, 5) is 11.2. The highest BCUT2D eigenvalue weighted by atomic mass is 35.5. The largest absolute Gasteiger partial charge is 0.492 e. The first kappa shape index (κ1) is 15.7. The molecule has 0 radical (unpaired) electrons. The number of carbonyl (C=O) groups excluding carboxylic acids is 1. The smallest absolute Gasteiger partial charge is 0.221 e. The predicted molar refractivity (Wildman–Crippen MR) is 70.7 cm³/mol. The summed E-state index contributed by atoms with van der Waals surface area (Å²) < 4.78 is 5.43. The van der Waals surface area contributed by atoms with Crippen LogP contribution in [-0.4, -0.2) is 32.7 Å². The molecule has 0 spiro atoms. The van der Waals surface area contributed by atoms with Gasteiger partial charge in [0.05, 0.1) is 6.54 Å². The Morgan fingerprint density at radius 2 is 1.94 bits per heavy atom. The van der Waals surface area contributed by atoms with Crippen LogP contribution in [-0.2, 0) is 4.79 Å². The highest BCUT2D eigenvalue weighted by Crippen LogP contribution is 2.07. The third kappa shape index (κ3) is 7.60. The van der Waals surface area contributed by atoms with Gasteiger partial charge in [-0.3, -0.25) is 4.79 Å². The van der Waals surface area contributed by atoms with Gasteiger partial charge in [-0.15, -0.1) is 12.4 Å². The van der Waals surface area contributed by atoms with Gasteiger partial charge in [0.25, 0.3) is 0 Å². The highest BCUT2D eigenvalue weighted by molar-refractivity contribution is 5.85. The second-order valence-electron chi connectivity index (χ2n) is 3.37. The average molecular weight is 259 g/mol. The lowest BCUT2D eigenvalue weighted by Gasteiger charge is -2.07. The van der Waals surface area contributed by atoms with E-state index in [0.717, 1.165) is 5.75 Å². The monoisotopic (exact) mass is 258 g/mol. The quantitative estimate of drug-likeness (QED) is 0.723. The number of hydrogen-bond donors (Lipinski definition) is 2. The molecule has 0 saturated heterocycles. The van der Waals surface area contributed by atoms with E-state index in [1.807, 2.05) is 37.4 Å². The maximum absolute atomic E-state index is 11.2. The Morgan fingerprint density at radius 1 is 1.24 bits per heavy atom. The zero-order valence-corrected chi connectivity index (χ0v) is 10.8. The van der Waals surface area contributed by atoms with Crippen molar-refractivity contribution < 1.29 is 9.53 Å². The molecule has 0 aliphatic rings. The zero-order valence-electron chi connectivity index (χ0n) is 9.94. The molecule has 0 aliphatic carbocycles. The van der Waals surface area contributed by atoms with Gasteiger partial charge in [0.1, 0.15) is 12.4 Å². The summed E-state index contributed by atoms with van der Waals surface area (Å²) >= 11 is 0. The molecule has 5 heteroatoms. The number of halogens is 1. The molecule has 4 nitrogen and oxygen atoms in total. The van der Waals surface area contributed by atoms with E-state index >= 15 is 0 Å². The molecule has 1 amide bonds. The zero-order chi connectivity index (χ0) is 11.6. The van der Waals surface area contributed by atoms with Crippen LogP contribution in [0.4, 0.5) is 0 Å². The normalized spacial score (nSPS) is 9.24. The molecule has 0 atom stereocenters. The van der Waals surface area contributed by atoms with Crippen LogP contribution >= 0.6 is 12.4 Å². The van der Waals surface area contributed by atoms with E-state index in [0.29, 0.717) is 26.1 Å². The average Bonchev–Trinajstić information content (AvgIpc) is 2.33. The Balaban J connectivity index is 0.00000256. The van der Waals surface area contributed by atoms with Gasteiger partial charge in [0.2, 0.25) is 5.91 Å². The van der Waals surface area contributed by atoms with Gasteiger partial charge in [0.15, 0.2) is 0 Å². The van der Waals surface area contributed by atoms with Crippen molar-refractivity contribution in [1.82, 2.24) is 10.6 Å². The molecule has 1 aromatic rings. The first-order chi connectivity index (χ1) is 7.83. The SMILES string of the molecule is CNCCC(=O)NCCOc1ccccc1.Cl. The van der Waals surface area contributed by atoms with Crippen molar-refractivity contribution in [3.8, 4) is 5.75 Å². The van der Waals surface area contributed by atoms with E-state index in [-0.39, 0.29) is 18.3 Å². The van der Waals surface area contributed by atoms with E-state index in [2.05, 4.69) is 10.6 Å². The van der Waals surface area contributed by atoms with E-state index in [1.165, 1.54) is 0 Å². The Labute approximate surface area is 108 Å². The minimum absolute atomic E-state index is 0. The van der Waals surface area contributed by atoms with Crippen molar-refractivity contribution in [3.63, 3.8) is 0 Å². The van der Waals surface area contributed by atoms with E-state index < -0.39 is 0 Å². The van der Waals surface area contributed by atoms with Crippen LogP contribution in [0.1, 0.15) is 6.42 Å². The fourth-order valence-corrected chi connectivity index (χ4v) is 1.20.